The van der Waals surface area contributed by atoms with Gasteiger partial charge in [0.15, 0.2) is 0 Å². The summed E-state index contributed by atoms with van der Waals surface area (Å²) in [6.45, 7) is 3.88. The number of rotatable bonds is 6. The number of ether oxygens (including phenoxy) is 1. The molecule has 2 atom stereocenters. The maximum Gasteiger partial charge on any atom is 0.224 e. The average Bonchev–Trinajstić information content (AvgIpc) is 2.37. The van der Waals surface area contributed by atoms with Crippen LogP contribution in [-0.2, 0) is 11.2 Å². The van der Waals surface area contributed by atoms with E-state index in [2.05, 4.69) is 0 Å². The van der Waals surface area contributed by atoms with Gasteiger partial charge in [0, 0.05) is 25.6 Å². The number of nitrogens with zero attached hydrogens (tertiary/aromatic N) is 1. The molecule has 0 heterocycles. The molecule has 0 fully saturated rings. The molecule has 1 aromatic carbocycles. The third kappa shape index (κ3) is 5.39. The van der Waals surface area contributed by atoms with Gasteiger partial charge in [-0.3, -0.25) is 4.79 Å². The number of likely N-dealkylation sites (N-methyl/N-ethyl adjacent to an activating group) is 1. The summed E-state index contributed by atoms with van der Waals surface area (Å²) in [5.74, 6) is 0.944. The highest BCUT2D eigenvalue weighted by atomic mass is 35.5. The van der Waals surface area contributed by atoms with Gasteiger partial charge in [-0.15, -0.1) is 12.4 Å². The number of nitrogens with two attached hydrogens (primary N) is 1. The number of benzene rings is 1. The van der Waals surface area contributed by atoms with Gasteiger partial charge in [0.1, 0.15) is 5.75 Å². The van der Waals surface area contributed by atoms with Gasteiger partial charge in [-0.1, -0.05) is 18.2 Å². The van der Waals surface area contributed by atoms with E-state index in [9.17, 15) is 4.79 Å². The minimum absolute atomic E-state index is 0. The third-order valence-corrected chi connectivity index (χ3v) is 3.26. The molecule has 1 aromatic rings. The Morgan fingerprint density at radius 1 is 1.35 bits per heavy atom. The first-order valence-corrected chi connectivity index (χ1v) is 6.58. The van der Waals surface area contributed by atoms with Crippen molar-refractivity contribution in [1.82, 2.24) is 4.90 Å². The second kappa shape index (κ2) is 8.82. The van der Waals surface area contributed by atoms with Gasteiger partial charge in [0.2, 0.25) is 5.91 Å². The summed E-state index contributed by atoms with van der Waals surface area (Å²) in [7, 11) is 3.49. The predicted molar refractivity (Wildman–Crippen MR) is 84.4 cm³/mol. The molecule has 0 aliphatic heterocycles. The van der Waals surface area contributed by atoms with Crippen molar-refractivity contribution in [3.8, 4) is 5.75 Å². The molecule has 2 unspecified atom stereocenters. The number of halogens is 1. The summed E-state index contributed by atoms with van der Waals surface area (Å²) >= 11 is 0. The lowest BCUT2D eigenvalue weighted by Crippen LogP contribution is -2.39. The molecule has 4 nitrogen and oxygen atoms in total. The van der Waals surface area contributed by atoms with Crippen LogP contribution in [0, 0.1) is 0 Å². The maximum atomic E-state index is 12.0. The first-order valence-electron chi connectivity index (χ1n) is 6.58. The quantitative estimate of drug-likeness (QED) is 0.876. The van der Waals surface area contributed by atoms with Crippen molar-refractivity contribution in [3.05, 3.63) is 29.8 Å². The first kappa shape index (κ1) is 18.7. The highest BCUT2D eigenvalue weighted by Gasteiger charge is 2.18. The molecule has 1 rings (SSSR count). The molecule has 1 amide bonds. The van der Waals surface area contributed by atoms with Crippen molar-refractivity contribution >= 4 is 18.3 Å². The summed E-state index contributed by atoms with van der Waals surface area (Å²) in [5.41, 5.74) is 6.77. The minimum Gasteiger partial charge on any atom is -0.496 e. The second-order valence-corrected chi connectivity index (χ2v) is 5.05. The van der Waals surface area contributed by atoms with E-state index in [1.165, 1.54) is 0 Å². The standard InChI is InChI=1S/C15H24N2O2.ClH/c1-11(16)9-15(18)17(3)12(2)10-13-7-5-6-8-14(13)19-4;/h5-8,11-12H,9-10,16H2,1-4H3;1H. The fourth-order valence-electron chi connectivity index (χ4n) is 1.99. The predicted octanol–water partition coefficient (Wildman–Crippen LogP) is 2.24. The molecule has 0 spiro atoms. The van der Waals surface area contributed by atoms with E-state index >= 15 is 0 Å². The van der Waals surface area contributed by atoms with Crippen LogP contribution in [0.4, 0.5) is 0 Å². The number of carbonyl (C=O) groups is 1. The van der Waals surface area contributed by atoms with E-state index in [0.29, 0.717) is 6.42 Å². The number of amides is 1. The monoisotopic (exact) mass is 300 g/mol. The maximum absolute atomic E-state index is 12.0. The van der Waals surface area contributed by atoms with Gasteiger partial charge in [-0.05, 0) is 31.9 Å². The van der Waals surface area contributed by atoms with Crippen molar-refractivity contribution < 1.29 is 9.53 Å². The topological polar surface area (TPSA) is 55.6 Å². The smallest absolute Gasteiger partial charge is 0.224 e. The lowest BCUT2D eigenvalue weighted by Gasteiger charge is -2.26. The Hall–Kier alpha value is -1.26. The summed E-state index contributed by atoms with van der Waals surface area (Å²) in [6, 6.07) is 7.90. The van der Waals surface area contributed by atoms with Gasteiger partial charge >= 0.3 is 0 Å². The summed E-state index contributed by atoms with van der Waals surface area (Å²) < 4.78 is 5.33. The van der Waals surface area contributed by atoms with Gasteiger partial charge in [0.25, 0.3) is 0 Å². The lowest BCUT2D eigenvalue weighted by molar-refractivity contribution is -0.131. The SMILES string of the molecule is COc1ccccc1CC(C)N(C)C(=O)CC(C)N.Cl. The third-order valence-electron chi connectivity index (χ3n) is 3.26. The Balaban J connectivity index is 0.00000361. The number of para-hydroxylation sites is 1. The van der Waals surface area contributed by atoms with Crippen molar-refractivity contribution in [1.29, 1.82) is 0 Å². The zero-order valence-corrected chi connectivity index (χ0v) is 13.4. The summed E-state index contributed by atoms with van der Waals surface area (Å²) in [5, 5.41) is 0. The van der Waals surface area contributed by atoms with Crippen LogP contribution < -0.4 is 10.5 Å². The Bertz CT molecular complexity index is 424. The fourth-order valence-corrected chi connectivity index (χ4v) is 1.99. The molecule has 0 bridgehead atoms. The van der Waals surface area contributed by atoms with Crippen LogP contribution in [0.15, 0.2) is 24.3 Å². The molecule has 20 heavy (non-hydrogen) atoms. The van der Waals surface area contributed by atoms with Crippen LogP contribution in [-0.4, -0.2) is 37.0 Å². The van der Waals surface area contributed by atoms with E-state index in [1.54, 1.807) is 12.0 Å². The van der Waals surface area contributed by atoms with Crippen molar-refractivity contribution in [3.63, 3.8) is 0 Å². The molecular formula is C15H25ClN2O2. The molecule has 0 aliphatic rings. The lowest BCUT2D eigenvalue weighted by atomic mass is 10.0. The van der Waals surface area contributed by atoms with E-state index in [0.717, 1.165) is 17.7 Å². The van der Waals surface area contributed by atoms with Gasteiger partial charge in [0.05, 0.1) is 7.11 Å². The minimum atomic E-state index is -0.103. The fraction of sp³-hybridized carbons (Fsp3) is 0.533. The normalized spacial score (nSPS) is 13.1. The van der Waals surface area contributed by atoms with E-state index in [1.807, 2.05) is 45.2 Å². The molecule has 0 aliphatic carbocycles. The molecule has 0 aromatic heterocycles. The Morgan fingerprint density at radius 2 is 1.95 bits per heavy atom. The molecule has 0 saturated heterocycles. The van der Waals surface area contributed by atoms with Crippen molar-refractivity contribution in [2.75, 3.05) is 14.2 Å². The van der Waals surface area contributed by atoms with E-state index < -0.39 is 0 Å². The Morgan fingerprint density at radius 3 is 2.50 bits per heavy atom. The average molecular weight is 301 g/mol. The Kier molecular flexibility index (Phi) is 8.26. The number of hydrogen-bond acceptors (Lipinski definition) is 3. The second-order valence-electron chi connectivity index (χ2n) is 5.05. The summed E-state index contributed by atoms with van der Waals surface area (Å²) in [6.07, 6.45) is 1.15. The van der Waals surface area contributed by atoms with Gasteiger partial charge in [-0.25, -0.2) is 0 Å². The van der Waals surface area contributed by atoms with Crippen molar-refractivity contribution in [2.24, 2.45) is 5.73 Å². The zero-order chi connectivity index (χ0) is 14.4. The zero-order valence-electron chi connectivity index (χ0n) is 12.6. The highest BCUT2D eigenvalue weighted by molar-refractivity contribution is 5.85. The van der Waals surface area contributed by atoms with E-state index in [4.69, 9.17) is 10.5 Å². The van der Waals surface area contributed by atoms with Crippen LogP contribution in [0.1, 0.15) is 25.8 Å². The molecule has 0 saturated carbocycles. The summed E-state index contributed by atoms with van der Waals surface area (Å²) in [4.78, 5) is 13.7. The van der Waals surface area contributed by atoms with Gasteiger partial charge < -0.3 is 15.4 Å². The number of hydrogen-bond donors (Lipinski definition) is 1. The van der Waals surface area contributed by atoms with Crippen LogP contribution in [0.5, 0.6) is 5.75 Å². The molecule has 114 valence electrons. The van der Waals surface area contributed by atoms with Crippen LogP contribution in [0.3, 0.4) is 0 Å². The van der Waals surface area contributed by atoms with Crippen LogP contribution in [0.2, 0.25) is 0 Å². The van der Waals surface area contributed by atoms with Crippen molar-refractivity contribution in [2.45, 2.75) is 38.8 Å². The molecule has 2 N–H and O–H groups in total. The largest absolute Gasteiger partial charge is 0.496 e. The first-order chi connectivity index (χ1) is 8.95. The molecule has 5 heteroatoms. The molecule has 0 radical (unpaired) electrons. The van der Waals surface area contributed by atoms with Crippen LogP contribution >= 0.6 is 12.4 Å². The van der Waals surface area contributed by atoms with E-state index in [-0.39, 0.29) is 30.4 Å². The van der Waals surface area contributed by atoms with Gasteiger partial charge in [-0.2, -0.15) is 0 Å². The Labute approximate surface area is 127 Å². The molecular weight excluding hydrogens is 276 g/mol. The highest BCUT2D eigenvalue weighted by Crippen LogP contribution is 2.20. The number of methoxy groups -OCH3 is 1. The number of carbonyl (C=O) groups excluding carboxylic acids is 1. The van der Waals surface area contributed by atoms with Crippen LogP contribution in [0.25, 0.3) is 0 Å².